The van der Waals surface area contributed by atoms with Crippen molar-refractivity contribution in [3.63, 3.8) is 0 Å². The van der Waals surface area contributed by atoms with Crippen LogP contribution in [0.1, 0.15) is 12.5 Å². The van der Waals surface area contributed by atoms with Crippen LogP contribution >= 0.6 is 0 Å². The smallest absolute Gasteiger partial charge is 0.223 e. The summed E-state index contributed by atoms with van der Waals surface area (Å²) in [4.78, 5) is 10.7. The Kier molecular flexibility index (Phi) is 2.95. The molecule has 3 N–H and O–H groups in total. The van der Waals surface area contributed by atoms with E-state index in [1.807, 2.05) is 19.1 Å². The largest absolute Gasteiger partial charge is 0.370 e. The number of nitrogens with zero attached hydrogens (tertiary/aromatic N) is 3. The second kappa shape index (κ2) is 4.76. The Morgan fingerprint density at radius 1 is 1.32 bits per heavy atom. The van der Waals surface area contributed by atoms with Gasteiger partial charge >= 0.3 is 0 Å². The molecule has 0 atom stereocenters. The van der Waals surface area contributed by atoms with Gasteiger partial charge in [-0.3, -0.25) is 0 Å². The van der Waals surface area contributed by atoms with E-state index >= 15 is 0 Å². The molecule has 5 heteroatoms. The van der Waals surface area contributed by atoms with E-state index in [-0.39, 0.29) is 0 Å². The maximum absolute atomic E-state index is 5.79. The monoisotopic (exact) mass is 255 g/mol. The highest BCUT2D eigenvalue weighted by molar-refractivity contribution is 5.69. The fraction of sp³-hybridized carbons (Fsp3) is 0.286. The molecule has 0 saturated carbocycles. The summed E-state index contributed by atoms with van der Waals surface area (Å²) in [5.74, 6) is 1.93. The number of nitrogens with one attached hydrogen (secondary N) is 1. The molecule has 1 aliphatic rings. The lowest BCUT2D eigenvalue weighted by Gasteiger charge is -2.19. The summed E-state index contributed by atoms with van der Waals surface area (Å²) in [6.45, 7) is 3.77. The number of anilines is 4. The van der Waals surface area contributed by atoms with E-state index in [0.717, 1.165) is 31.1 Å². The fourth-order valence-electron chi connectivity index (χ4n) is 2.44. The summed E-state index contributed by atoms with van der Waals surface area (Å²) in [5.41, 5.74) is 8.35. The van der Waals surface area contributed by atoms with E-state index in [4.69, 9.17) is 5.73 Å². The maximum atomic E-state index is 5.79. The second-order valence-electron chi connectivity index (χ2n) is 4.53. The van der Waals surface area contributed by atoms with Crippen LogP contribution in [0.4, 0.5) is 23.3 Å². The van der Waals surface area contributed by atoms with Crippen LogP contribution in [-0.2, 0) is 6.42 Å². The molecule has 0 radical (unpaired) electrons. The molecule has 2 heterocycles. The Labute approximate surface area is 112 Å². The molecule has 0 bridgehead atoms. The predicted octanol–water partition coefficient (Wildman–Crippen LogP) is 2.18. The van der Waals surface area contributed by atoms with E-state index < -0.39 is 0 Å². The minimum absolute atomic E-state index is 0.304. The van der Waals surface area contributed by atoms with Gasteiger partial charge in [-0.05, 0) is 25.0 Å². The zero-order valence-electron chi connectivity index (χ0n) is 10.9. The highest BCUT2D eigenvalue weighted by Gasteiger charge is 2.21. The Morgan fingerprint density at radius 2 is 2.16 bits per heavy atom. The van der Waals surface area contributed by atoms with Crippen molar-refractivity contribution < 1.29 is 0 Å². The summed E-state index contributed by atoms with van der Waals surface area (Å²) in [5, 5.41) is 3.18. The average Bonchev–Trinajstić information content (AvgIpc) is 2.82. The Morgan fingerprint density at radius 3 is 3.00 bits per heavy atom. The van der Waals surface area contributed by atoms with Crippen LogP contribution in [0.3, 0.4) is 0 Å². The molecule has 1 aromatic heterocycles. The number of nitrogens with two attached hydrogens (primary N) is 1. The summed E-state index contributed by atoms with van der Waals surface area (Å²) < 4.78 is 0. The number of aromatic nitrogens is 2. The topological polar surface area (TPSA) is 67.1 Å². The Balaban J connectivity index is 1.99. The average molecular weight is 255 g/mol. The van der Waals surface area contributed by atoms with Gasteiger partial charge in [0.15, 0.2) is 0 Å². The van der Waals surface area contributed by atoms with E-state index in [1.165, 1.54) is 11.3 Å². The van der Waals surface area contributed by atoms with Crippen LogP contribution in [0.5, 0.6) is 0 Å². The van der Waals surface area contributed by atoms with Crippen molar-refractivity contribution >= 4 is 23.3 Å². The summed E-state index contributed by atoms with van der Waals surface area (Å²) in [6.07, 6.45) is 1.04. The first-order valence-corrected chi connectivity index (χ1v) is 6.52. The molecule has 19 heavy (non-hydrogen) atoms. The number of fused-ring (bicyclic) bond motifs is 1. The fourth-order valence-corrected chi connectivity index (χ4v) is 2.44. The molecule has 1 aliphatic heterocycles. The molecular weight excluding hydrogens is 238 g/mol. The van der Waals surface area contributed by atoms with Gasteiger partial charge in [0.1, 0.15) is 11.6 Å². The maximum Gasteiger partial charge on any atom is 0.223 e. The molecular formula is C14H17N5. The van der Waals surface area contributed by atoms with E-state index in [9.17, 15) is 0 Å². The quantitative estimate of drug-likeness (QED) is 0.880. The normalized spacial score (nSPS) is 13.4. The summed E-state index contributed by atoms with van der Waals surface area (Å²) in [6, 6.07) is 10.3. The predicted molar refractivity (Wildman–Crippen MR) is 77.8 cm³/mol. The minimum Gasteiger partial charge on any atom is -0.370 e. The highest BCUT2D eigenvalue weighted by atomic mass is 15.2. The summed E-state index contributed by atoms with van der Waals surface area (Å²) in [7, 11) is 0. The third-order valence-electron chi connectivity index (χ3n) is 3.25. The molecule has 98 valence electrons. The zero-order chi connectivity index (χ0) is 13.2. The molecule has 1 aromatic carbocycles. The van der Waals surface area contributed by atoms with Crippen LogP contribution in [-0.4, -0.2) is 23.1 Å². The second-order valence-corrected chi connectivity index (χ2v) is 4.53. The summed E-state index contributed by atoms with van der Waals surface area (Å²) >= 11 is 0. The van der Waals surface area contributed by atoms with Crippen LogP contribution in [0, 0.1) is 0 Å². The lowest BCUT2D eigenvalue weighted by molar-refractivity contribution is 0.966. The Hall–Kier alpha value is -2.30. The molecule has 0 saturated heterocycles. The Bertz CT molecular complexity index is 596. The van der Waals surface area contributed by atoms with Gasteiger partial charge in [-0.2, -0.15) is 9.97 Å². The van der Waals surface area contributed by atoms with Gasteiger partial charge in [0, 0.05) is 24.8 Å². The molecule has 0 spiro atoms. The van der Waals surface area contributed by atoms with Crippen LogP contribution in [0.2, 0.25) is 0 Å². The van der Waals surface area contributed by atoms with Crippen LogP contribution in [0.15, 0.2) is 30.3 Å². The van der Waals surface area contributed by atoms with Crippen molar-refractivity contribution in [2.75, 3.05) is 29.0 Å². The molecule has 0 unspecified atom stereocenters. The standard InChI is InChI=1S/C14H17N5/c1-2-16-12-9-13(18-14(15)17-12)19-8-7-10-5-3-4-6-11(10)19/h3-6,9H,2,7-8H2,1H3,(H3,15,16,17,18). The number of benzene rings is 1. The van der Waals surface area contributed by atoms with Gasteiger partial charge in [-0.15, -0.1) is 0 Å². The van der Waals surface area contributed by atoms with Crippen LogP contribution < -0.4 is 16.0 Å². The molecule has 5 nitrogen and oxygen atoms in total. The molecule has 2 aromatic rings. The number of hydrogen-bond acceptors (Lipinski definition) is 5. The van der Waals surface area contributed by atoms with Crippen molar-refractivity contribution in [1.82, 2.24) is 9.97 Å². The number of para-hydroxylation sites is 1. The van der Waals surface area contributed by atoms with Crippen molar-refractivity contribution in [1.29, 1.82) is 0 Å². The lowest BCUT2D eigenvalue weighted by atomic mass is 10.2. The first-order valence-electron chi connectivity index (χ1n) is 6.52. The number of hydrogen-bond donors (Lipinski definition) is 2. The van der Waals surface area contributed by atoms with E-state index in [2.05, 4.69) is 38.4 Å². The van der Waals surface area contributed by atoms with E-state index in [1.54, 1.807) is 0 Å². The molecule has 0 aliphatic carbocycles. The van der Waals surface area contributed by atoms with E-state index in [0.29, 0.717) is 5.95 Å². The van der Waals surface area contributed by atoms with Crippen molar-refractivity contribution in [3.05, 3.63) is 35.9 Å². The highest BCUT2D eigenvalue weighted by Crippen LogP contribution is 2.33. The van der Waals surface area contributed by atoms with Crippen LogP contribution in [0.25, 0.3) is 0 Å². The van der Waals surface area contributed by atoms with Gasteiger partial charge in [0.25, 0.3) is 0 Å². The first kappa shape index (κ1) is 11.8. The third kappa shape index (κ3) is 2.19. The molecule has 0 fully saturated rings. The molecule has 3 rings (SSSR count). The van der Waals surface area contributed by atoms with Crippen molar-refractivity contribution in [2.45, 2.75) is 13.3 Å². The third-order valence-corrected chi connectivity index (χ3v) is 3.25. The van der Waals surface area contributed by atoms with Gasteiger partial charge in [-0.25, -0.2) is 0 Å². The SMILES string of the molecule is CCNc1cc(N2CCc3ccccc32)nc(N)n1. The first-order chi connectivity index (χ1) is 9.28. The van der Waals surface area contributed by atoms with Crippen molar-refractivity contribution in [2.24, 2.45) is 0 Å². The molecule has 0 amide bonds. The lowest BCUT2D eigenvalue weighted by Crippen LogP contribution is -2.16. The number of rotatable bonds is 3. The van der Waals surface area contributed by atoms with Gasteiger partial charge in [0.2, 0.25) is 5.95 Å². The van der Waals surface area contributed by atoms with Gasteiger partial charge in [0.05, 0.1) is 0 Å². The van der Waals surface area contributed by atoms with Crippen molar-refractivity contribution in [3.8, 4) is 0 Å². The minimum atomic E-state index is 0.304. The van der Waals surface area contributed by atoms with Gasteiger partial charge in [-0.1, -0.05) is 18.2 Å². The zero-order valence-corrected chi connectivity index (χ0v) is 10.9. The number of nitrogen functional groups attached to an aromatic ring is 1. The van der Waals surface area contributed by atoms with Gasteiger partial charge < -0.3 is 16.0 Å².